The van der Waals surface area contributed by atoms with Gasteiger partial charge in [0.1, 0.15) is 0 Å². The van der Waals surface area contributed by atoms with Crippen molar-refractivity contribution in [2.24, 2.45) is 0 Å². The van der Waals surface area contributed by atoms with Gasteiger partial charge in [0.2, 0.25) is 0 Å². The Morgan fingerprint density at radius 1 is 1.04 bits per heavy atom. The zero-order chi connectivity index (χ0) is 18.8. The predicted octanol–water partition coefficient (Wildman–Crippen LogP) is 3.96. The maximum absolute atomic E-state index is 12.8. The van der Waals surface area contributed by atoms with Crippen LogP contribution in [0, 0.1) is 18.3 Å². The lowest BCUT2D eigenvalue weighted by atomic mass is 10.1. The molecule has 1 aliphatic heterocycles. The molecular formula is C22H20N4O. The van der Waals surface area contributed by atoms with Crippen LogP contribution in [0.3, 0.4) is 0 Å². The lowest BCUT2D eigenvalue weighted by Gasteiger charge is -2.12. The number of aromatic nitrogens is 2. The van der Waals surface area contributed by atoms with Crippen molar-refractivity contribution < 1.29 is 4.79 Å². The number of nitrogens with zero attached hydrogens (tertiary/aromatic N) is 4. The molecule has 134 valence electrons. The summed E-state index contributed by atoms with van der Waals surface area (Å²) >= 11 is 0. The molecule has 0 unspecified atom stereocenters. The fourth-order valence-corrected chi connectivity index (χ4v) is 3.37. The first-order chi connectivity index (χ1) is 13.2. The first-order valence-corrected chi connectivity index (χ1v) is 9.12. The largest absolute Gasteiger partial charge is 0.337 e. The minimum absolute atomic E-state index is 0.0201. The molecule has 0 bridgehead atoms. The molecule has 1 aromatic heterocycles. The summed E-state index contributed by atoms with van der Waals surface area (Å²) in [5.74, 6) is -0.0201. The third kappa shape index (κ3) is 3.34. The van der Waals surface area contributed by atoms with E-state index in [1.54, 1.807) is 12.1 Å². The Kier molecular flexibility index (Phi) is 4.47. The summed E-state index contributed by atoms with van der Waals surface area (Å²) in [4.78, 5) is 14.7. The van der Waals surface area contributed by atoms with E-state index in [2.05, 4.69) is 11.2 Å². The molecule has 5 heteroatoms. The number of rotatable bonds is 3. The van der Waals surface area contributed by atoms with Crippen molar-refractivity contribution in [1.29, 1.82) is 5.26 Å². The van der Waals surface area contributed by atoms with E-state index in [9.17, 15) is 4.79 Å². The highest BCUT2D eigenvalue weighted by molar-refractivity contribution is 5.93. The quantitative estimate of drug-likeness (QED) is 0.714. The molecule has 1 fully saturated rings. The number of aryl methyl sites for hydroxylation is 1. The van der Waals surface area contributed by atoms with Crippen LogP contribution in [0.1, 0.15) is 34.5 Å². The van der Waals surface area contributed by atoms with E-state index in [1.165, 1.54) is 5.56 Å². The van der Waals surface area contributed by atoms with E-state index >= 15 is 0 Å². The van der Waals surface area contributed by atoms with E-state index in [0.717, 1.165) is 42.9 Å². The third-order valence-corrected chi connectivity index (χ3v) is 4.91. The zero-order valence-corrected chi connectivity index (χ0v) is 15.2. The predicted molar refractivity (Wildman–Crippen MR) is 104 cm³/mol. The second kappa shape index (κ2) is 7.08. The molecule has 3 aromatic rings. The Balaban J connectivity index is 1.80. The third-order valence-electron chi connectivity index (χ3n) is 4.91. The first kappa shape index (κ1) is 17.0. The molecule has 0 N–H and O–H groups in total. The highest BCUT2D eigenvalue weighted by Gasteiger charge is 2.24. The molecule has 0 aliphatic carbocycles. The van der Waals surface area contributed by atoms with E-state index in [4.69, 9.17) is 5.26 Å². The van der Waals surface area contributed by atoms with Crippen molar-refractivity contribution in [2.75, 3.05) is 13.1 Å². The Hall–Kier alpha value is -3.39. The number of nitriles is 1. The fraction of sp³-hybridized carbons (Fsp3) is 0.227. The van der Waals surface area contributed by atoms with Crippen LogP contribution in [0.15, 0.2) is 54.6 Å². The van der Waals surface area contributed by atoms with Gasteiger partial charge in [-0.15, -0.1) is 0 Å². The van der Waals surface area contributed by atoms with Gasteiger partial charge in [-0.1, -0.05) is 29.8 Å². The van der Waals surface area contributed by atoms with Crippen molar-refractivity contribution >= 4 is 5.91 Å². The summed E-state index contributed by atoms with van der Waals surface area (Å²) in [5, 5.41) is 13.7. The Labute approximate surface area is 158 Å². The van der Waals surface area contributed by atoms with Crippen LogP contribution in [0.4, 0.5) is 0 Å². The van der Waals surface area contributed by atoms with Gasteiger partial charge >= 0.3 is 0 Å². The van der Waals surface area contributed by atoms with Crippen LogP contribution in [-0.4, -0.2) is 33.7 Å². The highest BCUT2D eigenvalue weighted by Crippen LogP contribution is 2.26. The number of carbonyl (C=O) groups is 1. The number of carbonyl (C=O) groups excluding carboxylic acids is 1. The van der Waals surface area contributed by atoms with Crippen LogP contribution in [0.5, 0.6) is 0 Å². The molecule has 0 saturated carbocycles. The number of hydrogen-bond acceptors (Lipinski definition) is 3. The number of amides is 1. The summed E-state index contributed by atoms with van der Waals surface area (Å²) in [6.45, 7) is 3.63. The Morgan fingerprint density at radius 3 is 2.33 bits per heavy atom. The normalized spacial score (nSPS) is 13.6. The van der Waals surface area contributed by atoms with Crippen LogP contribution >= 0.6 is 0 Å². The summed E-state index contributed by atoms with van der Waals surface area (Å²) < 4.78 is 1.81. The molecule has 1 aliphatic rings. The maximum Gasteiger partial charge on any atom is 0.274 e. The van der Waals surface area contributed by atoms with Gasteiger partial charge in [0.25, 0.3) is 5.91 Å². The molecule has 4 rings (SSSR count). The van der Waals surface area contributed by atoms with Crippen LogP contribution in [0.2, 0.25) is 0 Å². The van der Waals surface area contributed by atoms with Crippen molar-refractivity contribution in [3.05, 3.63) is 71.4 Å². The number of likely N-dealkylation sites (tertiary alicyclic amines) is 1. The van der Waals surface area contributed by atoms with Gasteiger partial charge in [0, 0.05) is 18.7 Å². The van der Waals surface area contributed by atoms with Crippen molar-refractivity contribution in [1.82, 2.24) is 14.7 Å². The average molecular weight is 356 g/mol. The Bertz CT molecular complexity index is 1000. The van der Waals surface area contributed by atoms with Gasteiger partial charge in [-0.25, -0.2) is 4.68 Å². The van der Waals surface area contributed by atoms with Crippen molar-refractivity contribution in [2.45, 2.75) is 19.8 Å². The second-order valence-corrected chi connectivity index (χ2v) is 6.85. The Morgan fingerprint density at radius 2 is 1.70 bits per heavy atom. The monoisotopic (exact) mass is 356 g/mol. The van der Waals surface area contributed by atoms with Gasteiger partial charge in [0.05, 0.1) is 23.0 Å². The second-order valence-electron chi connectivity index (χ2n) is 6.85. The molecule has 5 nitrogen and oxygen atoms in total. The highest BCUT2D eigenvalue weighted by atomic mass is 16.2. The van der Waals surface area contributed by atoms with E-state index in [0.29, 0.717) is 11.3 Å². The van der Waals surface area contributed by atoms with Crippen LogP contribution in [0.25, 0.3) is 16.9 Å². The smallest absolute Gasteiger partial charge is 0.274 e. The molecule has 0 atom stereocenters. The van der Waals surface area contributed by atoms with Gasteiger partial charge in [-0.2, -0.15) is 10.4 Å². The van der Waals surface area contributed by atoms with Crippen molar-refractivity contribution in [3.63, 3.8) is 0 Å². The SMILES string of the molecule is Cc1ccc(-n2nc(C(=O)N3CCCC3)cc2-c2ccc(C#N)cc2)cc1. The summed E-state index contributed by atoms with van der Waals surface area (Å²) in [5.41, 5.74) is 4.89. The molecule has 1 saturated heterocycles. The van der Waals surface area contributed by atoms with Crippen LogP contribution in [-0.2, 0) is 0 Å². The van der Waals surface area contributed by atoms with Crippen LogP contribution < -0.4 is 0 Å². The first-order valence-electron chi connectivity index (χ1n) is 9.12. The minimum Gasteiger partial charge on any atom is -0.337 e. The lowest BCUT2D eigenvalue weighted by molar-refractivity contribution is 0.0786. The molecule has 1 amide bonds. The molecule has 0 spiro atoms. The van der Waals surface area contributed by atoms with E-state index in [1.807, 2.05) is 59.0 Å². The summed E-state index contributed by atoms with van der Waals surface area (Å²) in [6, 6.07) is 19.4. The van der Waals surface area contributed by atoms with Gasteiger partial charge in [-0.3, -0.25) is 4.79 Å². The van der Waals surface area contributed by atoms with Crippen molar-refractivity contribution in [3.8, 4) is 23.0 Å². The van der Waals surface area contributed by atoms with E-state index < -0.39 is 0 Å². The lowest BCUT2D eigenvalue weighted by Crippen LogP contribution is -2.28. The summed E-state index contributed by atoms with van der Waals surface area (Å²) in [7, 11) is 0. The minimum atomic E-state index is -0.0201. The average Bonchev–Trinajstić information content (AvgIpc) is 3.38. The van der Waals surface area contributed by atoms with E-state index in [-0.39, 0.29) is 5.91 Å². The van der Waals surface area contributed by atoms with Gasteiger partial charge < -0.3 is 4.90 Å². The maximum atomic E-state index is 12.8. The molecule has 0 radical (unpaired) electrons. The zero-order valence-electron chi connectivity index (χ0n) is 15.2. The topological polar surface area (TPSA) is 61.9 Å². The molecule has 2 aromatic carbocycles. The fourth-order valence-electron chi connectivity index (χ4n) is 3.37. The standard InChI is InChI=1S/C22H20N4O/c1-16-4-10-19(11-5-16)26-21(18-8-6-17(15-23)7-9-18)14-20(24-26)22(27)25-12-2-3-13-25/h4-11,14H,2-3,12-13H2,1H3. The number of benzene rings is 2. The summed E-state index contributed by atoms with van der Waals surface area (Å²) in [6.07, 6.45) is 2.10. The molecule has 2 heterocycles. The molecule has 27 heavy (non-hydrogen) atoms. The van der Waals surface area contributed by atoms with Gasteiger partial charge in [0.15, 0.2) is 5.69 Å². The number of hydrogen-bond donors (Lipinski definition) is 0. The van der Waals surface area contributed by atoms with Gasteiger partial charge in [-0.05, 0) is 50.1 Å². The molecular weight excluding hydrogens is 336 g/mol.